The van der Waals surface area contributed by atoms with Crippen LogP contribution in [0, 0.1) is 17.6 Å². The quantitative estimate of drug-likeness (QED) is 0.487. The highest BCUT2D eigenvalue weighted by Crippen LogP contribution is 2.29. The zero-order chi connectivity index (χ0) is 19.8. The van der Waals surface area contributed by atoms with E-state index in [-0.39, 0.29) is 29.0 Å². The van der Waals surface area contributed by atoms with E-state index < -0.39 is 17.3 Å². The van der Waals surface area contributed by atoms with E-state index in [1.54, 1.807) is 0 Å². The summed E-state index contributed by atoms with van der Waals surface area (Å²) < 4.78 is 27.9. The molecule has 2 heterocycles. The van der Waals surface area contributed by atoms with Gasteiger partial charge in [-0.05, 0) is 37.3 Å². The summed E-state index contributed by atoms with van der Waals surface area (Å²) in [5, 5.41) is 15.6. The van der Waals surface area contributed by atoms with Gasteiger partial charge < -0.3 is 20.7 Å². The van der Waals surface area contributed by atoms with Gasteiger partial charge in [-0.15, -0.1) is 0 Å². The number of benzene rings is 1. The molecule has 1 saturated carbocycles. The molecule has 1 fully saturated rings. The van der Waals surface area contributed by atoms with Crippen LogP contribution in [-0.4, -0.2) is 37.2 Å². The molecule has 0 spiro atoms. The van der Waals surface area contributed by atoms with Crippen molar-refractivity contribution >= 4 is 40.3 Å². The number of aromatic amines is 1. The highest BCUT2D eigenvalue weighted by Gasteiger charge is 2.26. The average molecular weight is 409 g/mol. The van der Waals surface area contributed by atoms with Gasteiger partial charge in [-0.3, -0.25) is 0 Å². The number of H-pyrrole nitrogens is 1. The Balaban J connectivity index is 1.53. The number of halogens is 3. The maximum absolute atomic E-state index is 14.1. The molecule has 28 heavy (non-hydrogen) atoms. The molecule has 0 bridgehead atoms. The van der Waals surface area contributed by atoms with E-state index >= 15 is 0 Å². The first-order valence-corrected chi connectivity index (χ1v) is 9.36. The molecule has 3 atom stereocenters. The molecule has 3 aromatic rings. The monoisotopic (exact) mass is 408 g/mol. The van der Waals surface area contributed by atoms with Crippen LogP contribution in [0.5, 0.6) is 0 Å². The van der Waals surface area contributed by atoms with E-state index in [1.165, 1.54) is 6.20 Å². The molecule has 0 saturated heterocycles. The summed E-state index contributed by atoms with van der Waals surface area (Å²) in [7, 11) is 0. The molecular weight excluding hydrogens is 390 g/mol. The Morgan fingerprint density at radius 3 is 2.86 bits per heavy atom. The zero-order valence-corrected chi connectivity index (χ0v) is 15.8. The Morgan fingerprint density at radius 2 is 2.07 bits per heavy atom. The number of aliphatic hydroxyl groups excluding tert-OH is 1. The van der Waals surface area contributed by atoms with Gasteiger partial charge in [0.25, 0.3) is 0 Å². The van der Waals surface area contributed by atoms with Crippen molar-refractivity contribution in [2.45, 2.75) is 38.3 Å². The summed E-state index contributed by atoms with van der Waals surface area (Å²) in [5.74, 6) is -0.906. The van der Waals surface area contributed by atoms with Crippen LogP contribution in [0.4, 0.5) is 26.4 Å². The van der Waals surface area contributed by atoms with Crippen molar-refractivity contribution in [3.05, 3.63) is 35.0 Å². The van der Waals surface area contributed by atoms with Crippen LogP contribution < -0.4 is 10.6 Å². The fourth-order valence-corrected chi connectivity index (χ4v) is 3.47. The maximum atomic E-state index is 14.1. The largest absolute Gasteiger partial charge is 0.393 e. The first kappa shape index (κ1) is 18.8. The highest BCUT2D eigenvalue weighted by molar-refractivity contribution is 6.31. The minimum atomic E-state index is -0.902. The third kappa shape index (κ3) is 3.72. The van der Waals surface area contributed by atoms with Gasteiger partial charge in [0, 0.05) is 6.04 Å². The minimum Gasteiger partial charge on any atom is -0.393 e. The van der Waals surface area contributed by atoms with Crippen molar-refractivity contribution < 1.29 is 13.9 Å². The van der Waals surface area contributed by atoms with Crippen LogP contribution in [0.3, 0.4) is 0 Å². The van der Waals surface area contributed by atoms with Gasteiger partial charge in [-0.2, -0.15) is 9.97 Å². The number of hydrogen-bond acceptors (Lipinski definition) is 6. The average Bonchev–Trinajstić information content (AvgIpc) is 3.07. The van der Waals surface area contributed by atoms with Gasteiger partial charge in [-0.25, -0.2) is 13.8 Å². The molecule has 148 valence electrons. The third-order valence-electron chi connectivity index (χ3n) is 5.01. The number of nitrogens with one attached hydrogen (secondary N) is 3. The Hall–Kier alpha value is -2.52. The molecule has 4 rings (SSSR count). The first-order chi connectivity index (χ1) is 13.4. The molecule has 0 radical (unpaired) electrons. The number of imidazole rings is 1. The van der Waals surface area contributed by atoms with Crippen LogP contribution in [0.1, 0.15) is 26.2 Å². The Bertz CT molecular complexity index is 1010. The number of anilines is 3. The van der Waals surface area contributed by atoms with Crippen LogP contribution in [0.25, 0.3) is 11.2 Å². The van der Waals surface area contributed by atoms with Crippen molar-refractivity contribution in [2.75, 3.05) is 10.6 Å². The van der Waals surface area contributed by atoms with Crippen molar-refractivity contribution in [3.63, 3.8) is 0 Å². The molecule has 2 aromatic heterocycles. The molecule has 10 heteroatoms. The molecule has 0 amide bonds. The summed E-state index contributed by atoms with van der Waals surface area (Å²) >= 11 is 5.70. The topological polar surface area (TPSA) is 98.8 Å². The summed E-state index contributed by atoms with van der Waals surface area (Å²) in [6, 6.07) is 2.29. The SMILES string of the molecule is C[C@@H]1CC[C@@H](Nc2ncc3[nH]c(Nc4c(F)ccc(Cl)c4F)nc3n2)C[C@H]1O. The molecule has 1 aromatic carbocycles. The normalized spacial score (nSPS) is 22.4. The maximum Gasteiger partial charge on any atom is 0.225 e. The van der Waals surface area contributed by atoms with E-state index in [1.807, 2.05) is 6.92 Å². The van der Waals surface area contributed by atoms with Crippen molar-refractivity contribution in [1.29, 1.82) is 0 Å². The van der Waals surface area contributed by atoms with Crippen LogP contribution in [0.2, 0.25) is 5.02 Å². The third-order valence-corrected chi connectivity index (χ3v) is 5.31. The van der Waals surface area contributed by atoms with E-state index in [2.05, 4.69) is 30.6 Å². The van der Waals surface area contributed by atoms with Gasteiger partial charge in [0.1, 0.15) is 17.0 Å². The van der Waals surface area contributed by atoms with E-state index in [0.29, 0.717) is 23.5 Å². The van der Waals surface area contributed by atoms with Crippen LogP contribution >= 0.6 is 11.6 Å². The Labute approximate surface area is 164 Å². The second-order valence-electron chi connectivity index (χ2n) is 7.06. The number of nitrogens with zero attached hydrogens (tertiary/aromatic N) is 3. The molecule has 0 aliphatic heterocycles. The van der Waals surface area contributed by atoms with Crippen LogP contribution in [0.15, 0.2) is 18.3 Å². The molecule has 0 unspecified atom stereocenters. The smallest absolute Gasteiger partial charge is 0.225 e. The lowest BCUT2D eigenvalue weighted by Crippen LogP contribution is -2.35. The molecule has 1 aliphatic carbocycles. The number of aromatic nitrogens is 4. The first-order valence-electron chi connectivity index (χ1n) is 8.98. The number of hydrogen-bond donors (Lipinski definition) is 4. The molecule has 7 nitrogen and oxygen atoms in total. The predicted octanol–water partition coefficient (Wildman–Crippen LogP) is 3.99. The minimum absolute atomic E-state index is 0.0786. The predicted molar refractivity (Wildman–Crippen MR) is 103 cm³/mol. The van der Waals surface area contributed by atoms with Crippen molar-refractivity contribution in [1.82, 2.24) is 19.9 Å². The highest BCUT2D eigenvalue weighted by atomic mass is 35.5. The van der Waals surface area contributed by atoms with E-state index in [4.69, 9.17) is 11.6 Å². The fraction of sp³-hybridized carbons (Fsp3) is 0.389. The summed E-state index contributed by atoms with van der Waals surface area (Å²) in [6.07, 6.45) is 3.66. The number of aliphatic hydroxyl groups is 1. The van der Waals surface area contributed by atoms with Gasteiger partial charge in [-0.1, -0.05) is 18.5 Å². The van der Waals surface area contributed by atoms with Gasteiger partial charge >= 0.3 is 0 Å². The van der Waals surface area contributed by atoms with Gasteiger partial charge in [0.05, 0.1) is 17.3 Å². The van der Waals surface area contributed by atoms with Gasteiger partial charge in [0.2, 0.25) is 11.9 Å². The summed E-state index contributed by atoms with van der Waals surface area (Å²) in [5.41, 5.74) is 0.448. The lowest BCUT2D eigenvalue weighted by molar-refractivity contribution is 0.0739. The number of rotatable bonds is 4. The molecule has 4 N–H and O–H groups in total. The zero-order valence-electron chi connectivity index (χ0n) is 15.0. The Morgan fingerprint density at radius 1 is 1.25 bits per heavy atom. The van der Waals surface area contributed by atoms with Crippen molar-refractivity contribution in [3.8, 4) is 0 Å². The van der Waals surface area contributed by atoms with Gasteiger partial charge in [0.15, 0.2) is 11.5 Å². The van der Waals surface area contributed by atoms with Crippen molar-refractivity contribution in [2.24, 2.45) is 5.92 Å². The standard InChI is InChI=1S/C18H19ClF2N6O/c1-8-2-3-9(6-13(8)28)23-17-22-7-12-16(26-17)27-18(24-12)25-15-11(20)5-4-10(19)14(15)21/h4-5,7-9,13,28H,2-3,6H2,1H3,(H3,22,23,24,25,26,27)/t8-,9-,13-/m1/s1. The lowest BCUT2D eigenvalue weighted by Gasteiger charge is -2.31. The molecular formula is C18H19ClF2N6O. The lowest BCUT2D eigenvalue weighted by atomic mass is 9.85. The summed E-state index contributed by atoms with van der Waals surface area (Å²) in [4.78, 5) is 15.7. The molecule has 1 aliphatic rings. The summed E-state index contributed by atoms with van der Waals surface area (Å²) in [6.45, 7) is 2.04. The Kier molecular flexibility index (Phi) is 5.03. The second-order valence-corrected chi connectivity index (χ2v) is 7.47. The van der Waals surface area contributed by atoms with E-state index in [9.17, 15) is 13.9 Å². The van der Waals surface area contributed by atoms with E-state index in [0.717, 1.165) is 25.0 Å². The second kappa shape index (κ2) is 7.48. The number of fused-ring (bicyclic) bond motifs is 1. The van der Waals surface area contributed by atoms with Crippen LogP contribution in [-0.2, 0) is 0 Å². The fourth-order valence-electron chi connectivity index (χ4n) is 3.31.